The summed E-state index contributed by atoms with van der Waals surface area (Å²) < 4.78 is 6.54. The highest BCUT2D eigenvalue weighted by atomic mass is 127. The molecule has 0 amide bonds. The summed E-state index contributed by atoms with van der Waals surface area (Å²) >= 11 is 5.39. The van der Waals surface area contributed by atoms with E-state index in [2.05, 4.69) is 38.0 Å². The number of aliphatic imine (C=N–C) groups is 1. The summed E-state index contributed by atoms with van der Waals surface area (Å²) in [7, 11) is 0. The van der Waals surface area contributed by atoms with Gasteiger partial charge in [0.25, 0.3) is 0 Å². The maximum absolute atomic E-state index is 6.13. The standard InChI is InChI=1S/C14H20BrN3OS.HI/c15-12-3-2-11(20-12)14(4-1-5-14)10-17-13(16)18-6-8-19-9-7-18;/h2-3H,1,4-10H2,(H2,16,17);1H. The number of nitrogens with two attached hydrogens (primary N) is 1. The van der Waals surface area contributed by atoms with Crippen molar-refractivity contribution in [2.75, 3.05) is 32.8 Å². The van der Waals surface area contributed by atoms with E-state index in [0.29, 0.717) is 5.96 Å². The van der Waals surface area contributed by atoms with E-state index in [1.165, 1.54) is 27.9 Å². The molecule has 3 rings (SSSR count). The van der Waals surface area contributed by atoms with E-state index >= 15 is 0 Å². The van der Waals surface area contributed by atoms with Gasteiger partial charge in [-0.1, -0.05) is 6.42 Å². The van der Waals surface area contributed by atoms with Crippen LogP contribution in [-0.4, -0.2) is 43.7 Å². The molecule has 4 nitrogen and oxygen atoms in total. The second-order valence-corrected chi connectivity index (χ2v) is 7.97. The Balaban J connectivity index is 0.00000161. The number of hydrogen-bond donors (Lipinski definition) is 1. The molecule has 0 aromatic carbocycles. The normalized spacial score (nSPS) is 21.6. The third-order valence-corrected chi connectivity index (χ3v) is 6.16. The van der Waals surface area contributed by atoms with Crippen LogP contribution in [0, 0.1) is 0 Å². The van der Waals surface area contributed by atoms with E-state index in [0.717, 1.165) is 32.8 Å². The summed E-state index contributed by atoms with van der Waals surface area (Å²) in [5.41, 5.74) is 6.36. The average molecular weight is 486 g/mol. The SMILES string of the molecule is I.NC(=NCC1(c2ccc(Br)s2)CCC1)N1CCOCC1. The Morgan fingerprint density at radius 2 is 2.10 bits per heavy atom. The van der Waals surface area contributed by atoms with Gasteiger partial charge >= 0.3 is 0 Å². The molecule has 0 unspecified atom stereocenters. The molecule has 2 fully saturated rings. The Labute approximate surface area is 155 Å². The third-order valence-electron chi connectivity index (χ3n) is 4.29. The monoisotopic (exact) mass is 485 g/mol. The van der Waals surface area contributed by atoms with E-state index in [1.807, 2.05) is 11.3 Å². The predicted octanol–water partition coefficient (Wildman–Crippen LogP) is 3.20. The summed E-state index contributed by atoms with van der Waals surface area (Å²) in [6, 6.07) is 4.36. The number of nitrogens with zero attached hydrogens (tertiary/aromatic N) is 2. The summed E-state index contributed by atoms with van der Waals surface area (Å²) in [5.74, 6) is 0.676. The first-order valence-corrected chi connectivity index (χ1v) is 8.69. The van der Waals surface area contributed by atoms with Crippen LogP contribution in [0.3, 0.4) is 0 Å². The summed E-state index contributed by atoms with van der Waals surface area (Å²) in [6.45, 7) is 4.02. The van der Waals surface area contributed by atoms with Crippen LogP contribution in [0.1, 0.15) is 24.1 Å². The first-order valence-electron chi connectivity index (χ1n) is 7.08. The molecule has 2 aliphatic rings. The van der Waals surface area contributed by atoms with Gasteiger partial charge < -0.3 is 15.4 Å². The van der Waals surface area contributed by atoms with Gasteiger partial charge in [-0.05, 0) is 40.9 Å². The summed E-state index contributed by atoms with van der Waals surface area (Å²) in [5, 5.41) is 0. The minimum atomic E-state index is 0. The molecule has 0 spiro atoms. The summed E-state index contributed by atoms with van der Waals surface area (Å²) in [4.78, 5) is 8.25. The van der Waals surface area contributed by atoms with Crippen molar-refractivity contribution >= 4 is 57.2 Å². The zero-order valence-corrected chi connectivity index (χ0v) is 16.6. The quantitative estimate of drug-likeness (QED) is 0.406. The Bertz CT molecular complexity index is 498. The van der Waals surface area contributed by atoms with E-state index < -0.39 is 0 Å². The van der Waals surface area contributed by atoms with Crippen LogP contribution in [0.25, 0.3) is 0 Å². The van der Waals surface area contributed by atoms with Crippen molar-refractivity contribution in [3.8, 4) is 0 Å². The smallest absolute Gasteiger partial charge is 0.191 e. The van der Waals surface area contributed by atoms with Crippen LogP contribution in [0.15, 0.2) is 20.9 Å². The molecule has 1 saturated carbocycles. The van der Waals surface area contributed by atoms with Crippen molar-refractivity contribution in [3.05, 3.63) is 20.8 Å². The predicted molar refractivity (Wildman–Crippen MR) is 102 cm³/mol. The molecule has 1 saturated heterocycles. The highest BCUT2D eigenvalue weighted by Crippen LogP contribution is 2.47. The molecular weight excluding hydrogens is 465 g/mol. The van der Waals surface area contributed by atoms with Gasteiger partial charge in [0.1, 0.15) is 0 Å². The van der Waals surface area contributed by atoms with Gasteiger partial charge in [-0.25, -0.2) is 0 Å². The number of thiophene rings is 1. The Hall–Kier alpha value is 0.140. The fraction of sp³-hybridized carbons (Fsp3) is 0.643. The highest BCUT2D eigenvalue weighted by molar-refractivity contribution is 14.0. The molecule has 7 heteroatoms. The van der Waals surface area contributed by atoms with Gasteiger partial charge in [0.15, 0.2) is 5.96 Å². The minimum Gasteiger partial charge on any atom is -0.378 e. The van der Waals surface area contributed by atoms with Gasteiger partial charge in [0.05, 0.1) is 23.5 Å². The largest absolute Gasteiger partial charge is 0.378 e. The molecule has 0 atom stereocenters. The van der Waals surface area contributed by atoms with Crippen LogP contribution in [0.5, 0.6) is 0 Å². The minimum absolute atomic E-state index is 0. The number of halogens is 2. The molecule has 118 valence electrons. The van der Waals surface area contributed by atoms with Crippen molar-refractivity contribution in [1.29, 1.82) is 0 Å². The van der Waals surface area contributed by atoms with Crippen LogP contribution in [0.2, 0.25) is 0 Å². The van der Waals surface area contributed by atoms with Crippen molar-refractivity contribution in [2.24, 2.45) is 10.7 Å². The third kappa shape index (κ3) is 3.92. The number of ether oxygens (including phenoxy) is 1. The molecule has 1 aliphatic heterocycles. The lowest BCUT2D eigenvalue weighted by Crippen LogP contribution is -2.46. The Morgan fingerprint density at radius 3 is 2.62 bits per heavy atom. The summed E-state index contributed by atoms with van der Waals surface area (Å²) in [6.07, 6.45) is 3.74. The van der Waals surface area contributed by atoms with Gasteiger partial charge in [0.2, 0.25) is 0 Å². The van der Waals surface area contributed by atoms with Crippen LogP contribution < -0.4 is 5.73 Å². The highest BCUT2D eigenvalue weighted by Gasteiger charge is 2.39. The maximum Gasteiger partial charge on any atom is 0.191 e. The zero-order chi connectivity index (χ0) is 14.0. The first kappa shape index (κ1) is 17.5. The first-order chi connectivity index (χ1) is 9.70. The molecule has 1 aromatic rings. The van der Waals surface area contributed by atoms with E-state index in [-0.39, 0.29) is 29.4 Å². The Morgan fingerprint density at radius 1 is 1.38 bits per heavy atom. The fourth-order valence-corrected chi connectivity index (χ4v) is 4.43. The maximum atomic E-state index is 6.13. The van der Waals surface area contributed by atoms with Gasteiger partial charge in [-0.2, -0.15) is 0 Å². The van der Waals surface area contributed by atoms with Crippen molar-refractivity contribution < 1.29 is 4.74 Å². The number of rotatable bonds is 3. The second-order valence-electron chi connectivity index (χ2n) is 5.51. The molecular formula is C14H21BrIN3OS. The van der Waals surface area contributed by atoms with Gasteiger partial charge in [0, 0.05) is 23.4 Å². The number of morpholine rings is 1. The number of hydrogen-bond acceptors (Lipinski definition) is 3. The lowest BCUT2D eigenvalue weighted by Gasteiger charge is -2.40. The molecule has 0 radical (unpaired) electrons. The molecule has 21 heavy (non-hydrogen) atoms. The van der Waals surface area contributed by atoms with Gasteiger partial charge in [-0.3, -0.25) is 4.99 Å². The van der Waals surface area contributed by atoms with E-state index in [4.69, 9.17) is 10.5 Å². The van der Waals surface area contributed by atoms with Crippen molar-refractivity contribution in [2.45, 2.75) is 24.7 Å². The molecule has 2 N–H and O–H groups in total. The van der Waals surface area contributed by atoms with Gasteiger partial charge in [-0.15, -0.1) is 35.3 Å². The van der Waals surface area contributed by atoms with Crippen LogP contribution in [0.4, 0.5) is 0 Å². The lowest BCUT2D eigenvalue weighted by molar-refractivity contribution is 0.0673. The van der Waals surface area contributed by atoms with E-state index in [1.54, 1.807) is 0 Å². The molecule has 2 heterocycles. The zero-order valence-electron chi connectivity index (χ0n) is 11.9. The van der Waals surface area contributed by atoms with Crippen LogP contribution >= 0.6 is 51.2 Å². The molecule has 1 aromatic heterocycles. The number of guanidine groups is 1. The lowest BCUT2D eigenvalue weighted by atomic mass is 9.68. The topological polar surface area (TPSA) is 50.8 Å². The van der Waals surface area contributed by atoms with Crippen molar-refractivity contribution in [1.82, 2.24) is 4.90 Å². The van der Waals surface area contributed by atoms with E-state index in [9.17, 15) is 0 Å². The van der Waals surface area contributed by atoms with Crippen molar-refractivity contribution in [3.63, 3.8) is 0 Å². The molecule has 1 aliphatic carbocycles. The van der Waals surface area contributed by atoms with Crippen LogP contribution in [-0.2, 0) is 10.2 Å². The fourth-order valence-electron chi connectivity index (χ4n) is 2.81. The molecule has 0 bridgehead atoms. The second kappa shape index (κ2) is 7.61. The Kier molecular flexibility index (Phi) is 6.34. The average Bonchev–Trinajstić information content (AvgIpc) is 2.85.